The molecular formula is C12H23N3O3. The first-order valence-corrected chi connectivity index (χ1v) is 6.31. The highest BCUT2D eigenvalue weighted by Gasteiger charge is 2.27. The number of carboxylic acids is 1. The van der Waals surface area contributed by atoms with E-state index in [1.807, 2.05) is 14.1 Å². The average Bonchev–Trinajstić information content (AvgIpc) is 2.27. The lowest BCUT2D eigenvalue weighted by atomic mass is 9.96. The molecule has 1 fully saturated rings. The van der Waals surface area contributed by atoms with Crippen LogP contribution in [-0.4, -0.2) is 66.6 Å². The molecule has 0 spiro atoms. The van der Waals surface area contributed by atoms with Crippen LogP contribution in [0.15, 0.2) is 0 Å². The van der Waals surface area contributed by atoms with Gasteiger partial charge in [0, 0.05) is 19.6 Å². The molecule has 18 heavy (non-hydrogen) atoms. The molecule has 1 amide bonds. The molecule has 1 unspecified atom stereocenters. The fourth-order valence-corrected chi connectivity index (χ4v) is 2.36. The highest BCUT2D eigenvalue weighted by Crippen LogP contribution is 2.18. The molecule has 0 aromatic heterocycles. The number of carbonyl (C=O) groups is 2. The average molecular weight is 257 g/mol. The van der Waals surface area contributed by atoms with Crippen molar-refractivity contribution in [1.29, 1.82) is 0 Å². The Labute approximate surface area is 108 Å². The third kappa shape index (κ3) is 4.62. The smallest absolute Gasteiger partial charge is 0.305 e. The maximum absolute atomic E-state index is 11.9. The lowest BCUT2D eigenvalue weighted by Gasteiger charge is -2.34. The Morgan fingerprint density at radius 1 is 1.39 bits per heavy atom. The highest BCUT2D eigenvalue weighted by atomic mass is 16.4. The third-order valence-corrected chi connectivity index (χ3v) is 3.26. The maximum Gasteiger partial charge on any atom is 0.305 e. The molecule has 1 aliphatic rings. The van der Waals surface area contributed by atoms with Crippen molar-refractivity contribution in [2.75, 3.05) is 33.7 Å². The molecule has 1 atom stereocenters. The van der Waals surface area contributed by atoms with Gasteiger partial charge in [-0.05, 0) is 32.9 Å². The van der Waals surface area contributed by atoms with Crippen molar-refractivity contribution >= 4 is 11.9 Å². The van der Waals surface area contributed by atoms with Crippen LogP contribution in [0.3, 0.4) is 0 Å². The summed E-state index contributed by atoms with van der Waals surface area (Å²) in [5.74, 6) is -0.654. The Hall–Kier alpha value is -1.14. The van der Waals surface area contributed by atoms with Gasteiger partial charge in [-0.15, -0.1) is 0 Å². The van der Waals surface area contributed by atoms with E-state index < -0.39 is 12.0 Å². The second-order valence-corrected chi connectivity index (χ2v) is 5.24. The number of carbonyl (C=O) groups excluding carboxylic acids is 1. The maximum atomic E-state index is 11.9. The van der Waals surface area contributed by atoms with Gasteiger partial charge in [0.1, 0.15) is 0 Å². The van der Waals surface area contributed by atoms with Gasteiger partial charge in [-0.2, -0.15) is 0 Å². The van der Waals surface area contributed by atoms with Gasteiger partial charge in [-0.3, -0.25) is 9.59 Å². The van der Waals surface area contributed by atoms with Gasteiger partial charge in [0.25, 0.3) is 0 Å². The molecule has 6 heteroatoms. The van der Waals surface area contributed by atoms with Crippen molar-refractivity contribution < 1.29 is 14.7 Å². The quantitative estimate of drug-likeness (QED) is 0.699. The zero-order valence-corrected chi connectivity index (χ0v) is 11.1. The van der Waals surface area contributed by atoms with Crippen LogP contribution in [0.2, 0.25) is 0 Å². The van der Waals surface area contributed by atoms with Gasteiger partial charge < -0.3 is 20.6 Å². The van der Waals surface area contributed by atoms with E-state index in [-0.39, 0.29) is 12.3 Å². The van der Waals surface area contributed by atoms with Gasteiger partial charge >= 0.3 is 5.97 Å². The van der Waals surface area contributed by atoms with Crippen molar-refractivity contribution in [2.24, 2.45) is 11.7 Å². The van der Waals surface area contributed by atoms with Crippen molar-refractivity contribution in [1.82, 2.24) is 9.80 Å². The van der Waals surface area contributed by atoms with Crippen molar-refractivity contribution in [3.8, 4) is 0 Å². The Morgan fingerprint density at radius 2 is 1.94 bits per heavy atom. The van der Waals surface area contributed by atoms with E-state index in [0.29, 0.717) is 19.0 Å². The normalized spacial score (nSPS) is 19.0. The molecule has 3 N–H and O–H groups in total. The number of rotatable bonds is 5. The molecule has 1 heterocycles. The zero-order valence-electron chi connectivity index (χ0n) is 11.1. The molecule has 0 saturated carbocycles. The first kappa shape index (κ1) is 14.9. The number of nitrogens with zero attached hydrogens (tertiary/aromatic N) is 2. The second-order valence-electron chi connectivity index (χ2n) is 5.24. The van der Waals surface area contributed by atoms with Crippen LogP contribution >= 0.6 is 0 Å². The summed E-state index contributed by atoms with van der Waals surface area (Å²) in [5, 5.41) is 8.62. The Balaban J connectivity index is 2.38. The number of hydrogen-bond acceptors (Lipinski definition) is 4. The van der Waals surface area contributed by atoms with Gasteiger partial charge in [0.15, 0.2) is 0 Å². The second kappa shape index (κ2) is 6.70. The van der Waals surface area contributed by atoms with E-state index in [4.69, 9.17) is 10.8 Å². The molecule has 0 aromatic rings. The SMILES string of the molecule is CN(C)CC1CCN(C(=O)C(N)CC(=O)O)CC1. The fourth-order valence-electron chi connectivity index (χ4n) is 2.36. The van der Waals surface area contributed by atoms with E-state index in [1.54, 1.807) is 4.90 Å². The zero-order chi connectivity index (χ0) is 13.7. The van der Waals surface area contributed by atoms with Crippen LogP contribution in [0.4, 0.5) is 0 Å². The molecule has 0 radical (unpaired) electrons. The number of hydrogen-bond donors (Lipinski definition) is 2. The Bertz CT molecular complexity index is 299. The van der Waals surface area contributed by atoms with Gasteiger partial charge in [-0.25, -0.2) is 0 Å². The number of piperidine rings is 1. The molecule has 1 saturated heterocycles. The lowest BCUT2D eigenvalue weighted by Crippen LogP contribution is -2.48. The molecule has 1 rings (SSSR count). The number of amides is 1. The molecule has 6 nitrogen and oxygen atoms in total. The molecule has 0 aliphatic carbocycles. The number of nitrogens with two attached hydrogens (primary N) is 1. The summed E-state index contributed by atoms with van der Waals surface area (Å²) in [4.78, 5) is 26.2. The number of carboxylic acid groups (broad SMARTS) is 1. The van der Waals surface area contributed by atoms with Crippen LogP contribution in [-0.2, 0) is 9.59 Å². The Morgan fingerprint density at radius 3 is 2.39 bits per heavy atom. The highest BCUT2D eigenvalue weighted by molar-refractivity contribution is 5.86. The van der Waals surface area contributed by atoms with Crippen LogP contribution in [0.1, 0.15) is 19.3 Å². The van der Waals surface area contributed by atoms with E-state index >= 15 is 0 Å². The number of likely N-dealkylation sites (tertiary alicyclic amines) is 1. The van der Waals surface area contributed by atoms with Crippen molar-refractivity contribution in [3.63, 3.8) is 0 Å². The summed E-state index contributed by atoms with van der Waals surface area (Å²) in [6.45, 7) is 2.40. The standard InChI is InChI=1S/C12H23N3O3/c1-14(2)8-9-3-5-15(6-4-9)12(18)10(13)7-11(16)17/h9-10H,3-8,13H2,1-2H3,(H,16,17). The Kier molecular flexibility index (Phi) is 5.55. The van der Waals surface area contributed by atoms with Gasteiger partial charge in [-0.1, -0.05) is 0 Å². The van der Waals surface area contributed by atoms with Crippen molar-refractivity contribution in [3.05, 3.63) is 0 Å². The summed E-state index contributed by atoms with van der Waals surface area (Å²) in [6, 6.07) is -0.909. The summed E-state index contributed by atoms with van der Waals surface area (Å²) in [6.07, 6.45) is 1.63. The first-order valence-electron chi connectivity index (χ1n) is 6.31. The van der Waals surface area contributed by atoms with E-state index in [9.17, 15) is 9.59 Å². The van der Waals surface area contributed by atoms with Crippen LogP contribution in [0, 0.1) is 5.92 Å². The summed E-state index contributed by atoms with van der Waals surface area (Å²) >= 11 is 0. The lowest BCUT2D eigenvalue weighted by molar-refractivity contribution is -0.142. The minimum absolute atomic E-state index is 0.235. The van der Waals surface area contributed by atoms with Gasteiger partial charge in [0.2, 0.25) is 5.91 Å². The van der Waals surface area contributed by atoms with Crippen LogP contribution < -0.4 is 5.73 Å². The first-order chi connectivity index (χ1) is 8.40. The number of aliphatic carboxylic acids is 1. The predicted octanol–water partition coefficient (Wildman–Crippen LogP) is -0.411. The summed E-state index contributed by atoms with van der Waals surface area (Å²) in [7, 11) is 4.08. The van der Waals surface area contributed by atoms with E-state index in [0.717, 1.165) is 19.4 Å². The third-order valence-electron chi connectivity index (χ3n) is 3.26. The fraction of sp³-hybridized carbons (Fsp3) is 0.833. The van der Waals surface area contributed by atoms with Crippen molar-refractivity contribution in [2.45, 2.75) is 25.3 Å². The van der Waals surface area contributed by atoms with Crippen LogP contribution in [0.25, 0.3) is 0 Å². The van der Waals surface area contributed by atoms with E-state index in [1.165, 1.54) is 0 Å². The minimum Gasteiger partial charge on any atom is -0.481 e. The summed E-state index contributed by atoms with van der Waals surface area (Å²) < 4.78 is 0. The molecular weight excluding hydrogens is 234 g/mol. The summed E-state index contributed by atoms with van der Waals surface area (Å²) in [5.41, 5.74) is 5.58. The molecule has 104 valence electrons. The monoisotopic (exact) mass is 257 g/mol. The molecule has 0 aromatic carbocycles. The topological polar surface area (TPSA) is 86.9 Å². The molecule has 0 bridgehead atoms. The van der Waals surface area contributed by atoms with Gasteiger partial charge in [0.05, 0.1) is 12.5 Å². The largest absolute Gasteiger partial charge is 0.481 e. The van der Waals surface area contributed by atoms with E-state index in [2.05, 4.69) is 4.90 Å². The molecule has 1 aliphatic heterocycles. The predicted molar refractivity (Wildman–Crippen MR) is 68.1 cm³/mol. The van der Waals surface area contributed by atoms with Crippen LogP contribution in [0.5, 0.6) is 0 Å². The minimum atomic E-state index is -1.03.